The molecule has 0 atom stereocenters. The number of nitrogens with zero attached hydrogens (tertiary/aromatic N) is 4. The maximum Gasteiger partial charge on any atom is 0.218 e. The molecular weight excluding hydrogens is 390 g/mol. The van der Waals surface area contributed by atoms with E-state index in [0.717, 1.165) is 48.4 Å². The Kier molecular flexibility index (Phi) is 7.95. The van der Waals surface area contributed by atoms with Gasteiger partial charge in [-0.2, -0.15) is 0 Å². The highest BCUT2D eigenvalue weighted by atomic mass is 35.5. The molecule has 1 N–H and O–H groups in total. The highest BCUT2D eigenvalue weighted by molar-refractivity contribution is 6.30. The normalized spacial score (nSPS) is 14.8. The molecule has 0 spiro atoms. The number of anilines is 1. The predicted octanol–water partition coefficient (Wildman–Crippen LogP) is 2.66. The largest absolute Gasteiger partial charge is 0.475 e. The number of ether oxygens (including phenoxy) is 2. The summed E-state index contributed by atoms with van der Waals surface area (Å²) in [7, 11) is 3.46. The zero-order chi connectivity index (χ0) is 20.5. The summed E-state index contributed by atoms with van der Waals surface area (Å²) in [6.07, 6.45) is 1.73. The molecule has 8 heteroatoms. The fourth-order valence-electron chi connectivity index (χ4n) is 3.27. The molecule has 0 radical (unpaired) electrons. The zero-order valence-electron chi connectivity index (χ0n) is 17.0. The molecule has 2 heterocycles. The average Bonchev–Trinajstić information content (AvgIpc) is 2.76. The van der Waals surface area contributed by atoms with Crippen molar-refractivity contribution in [3.8, 4) is 5.88 Å². The molecule has 0 bridgehead atoms. The van der Waals surface area contributed by atoms with Gasteiger partial charge < -0.3 is 24.6 Å². The highest BCUT2D eigenvalue weighted by Gasteiger charge is 2.20. The van der Waals surface area contributed by atoms with Gasteiger partial charge in [-0.25, -0.2) is 4.98 Å². The zero-order valence-corrected chi connectivity index (χ0v) is 17.7. The number of methoxy groups -OCH3 is 1. The van der Waals surface area contributed by atoms with Gasteiger partial charge in [-0.05, 0) is 24.3 Å². The Labute approximate surface area is 177 Å². The standard InChI is InChI=1S/C21H28ClN5O2/c1-23-21(25-16-17-5-4-8-24-20(17)29-14-13-28-2)27-11-9-26(10-12-27)19-7-3-6-18(22)15-19/h3-8,15H,9-14,16H2,1-2H3,(H,23,25). The molecule has 1 saturated heterocycles. The molecule has 1 aliphatic heterocycles. The summed E-state index contributed by atoms with van der Waals surface area (Å²) in [6.45, 7) is 5.20. The molecule has 1 aromatic heterocycles. The van der Waals surface area contributed by atoms with Crippen LogP contribution in [0, 0.1) is 0 Å². The first kappa shape index (κ1) is 21.2. The van der Waals surface area contributed by atoms with Crippen molar-refractivity contribution < 1.29 is 9.47 Å². The van der Waals surface area contributed by atoms with E-state index < -0.39 is 0 Å². The maximum atomic E-state index is 6.13. The molecule has 1 aromatic carbocycles. The summed E-state index contributed by atoms with van der Waals surface area (Å²) < 4.78 is 10.8. The number of piperazine rings is 1. The molecule has 0 saturated carbocycles. The Morgan fingerprint density at radius 1 is 1.17 bits per heavy atom. The van der Waals surface area contributed by atoms with E-state index in [1.165, 1.54) is 0 Å². The van der Waals surface area contributed by atoms with Crippen LogP contribution in [0.4, 0.5) is 5.69 Å². The first-order chi connectivity index (χ1) is 14.2. The molecule has 2 aromatic rings. The van der Waals surface area contributed by atoms with Gasteiger partial charge in [0.15, 0.2) is 5.96 Å². The Bertz CT molecular complexity index is 809. The summed E-state index contributed by atoms with van der Waals surface area (Å²) in [5.74, 6) is 1.50. The molecule has 3 rings (SSSR count). The van der Waals surface area contributed by atoms with Crippen LogP contribution in [0.2, 0.25) is 5.02 Å². The first-order valence-electron chi connectivity index (χ1n) is 9.73. The van der Waals surface area contributed by atoms with Crippen LogP contribution in [-0.2, 0) is 11.3 Å². The monoisotopic (exact) mass is 417 g/mol. The topological polar surface area (TPSA) is 62.2 Å². The number of aliphatic imine (C=N–C) groups is 1. The van der Waals surface area contributed by atoms with Crippen molar-refractivity contribution in [2.45, 2.75) is 6.54 Å². The van der Waals surface area contributed by atoms with Crippen LogP contribution >= 0.6 is 11.6 Å². The fraction of sp³-hybridized carbons (Fsp3) is 0.429. The molecule has 1 aliphatic rings. The van der Waals surface area contributed by atoms with E-state index in [4.69, 9.17) is 21.1 Å². The summed E-state index contributed by atoms with van der Waals surface area (Å²) >= 11 is 6.13. The van der Waals surface area contributed by atoms with Gasteiger partial charge >= 0.3 is 0 Å². The van der Waals surface area contributed by atoms with Crippen molar-refractivity contribution in [1.82, 2.24) is 15.2 Å². The number of rotatable bonds is 7. The molecule has 7 nitrogen and oxygen atoms in total. The third-order valence-electron chi connectivity index (χ3n) is 4.78. The van der Waals surface area contributed by atoms with Crippen molar-refractivity contribution in [3.63, 3.8) is 0 Å². The third-order valence-corrected chi connectivity index (χ3v) is 5.01. The van der Waals surface area contributed by atoms with Gasteiger partial charge in [-0.15, -0.1) is 0 Å². The van der Waals surface area contributed by atoms with E-state index in [1.807, 2.05) is 37.4 Å². The lowest BCUT2D eigenvalue weighted by Gasteiger charge is -2.37. The molecule has 1 fully saturated rings. The quantitative estimate of drug-likeness (QED) is 0.424. The van der Waals surface area contributed by atoms with Gasteiger partial charge in [0.05, 0.1) is 6.61 Å². The number of hydrogen-bond donors (Lipinski definition) is 1. The average molecular weight is 418 g/mol. The minimum absolute atomic E-state index is 0.473. The van der Waals surface area contributed by atoms with Crippen molar-refractivity contribution in [1.29, 1.82) is 0 Å². The lowest BCUT2D eigenvalue weighted by molar-refractivity contribution is 0.143. The van der Waals surface area contributed by atoms with Gasteiger partial charge in [0.1, 0.15) is 6.61 Å². The first-order valence-corrected chi connectivity index (χ1v) is 10.1. The molecule has 0 unspecified atom stereocenters. The van der Waals surface area contributed by atoms with Crippen LogP contribution in [0.15, 0.2) is 47.6 Å². The summed E-state index contributed by atoms with van der Waals surface area (Å²) in [4.78, 5) is 13.4. The molecular formula is C21H28ClN5O2. The lowest BCUT2D eigenvalue weighted by Crippen LogP contribution is -2.52. The second kappa shape index (κ2) is 10.9. The fourth-order valence-corrected chi connectivity index (χ4v) is 3.45. The van der Waals surface area contributed by atoms with Crippen molar-refractivity contribution in [2.24, 2.45) is 4.99 Å². The van der Waals surface area contributed by atoms with Crippen LogP contribution in [0.1, 0.15) is 5.56 Å². The summed E-state index contributed by atoms with van der Waals surface area (Å²) in [6, 6.07) is 11.9. The van der Waals surface area contributed by atoms with Gasteiger partial charge in [0.2, 0.25) is 5.88 Å². The number of aromatic nitrogens is 1. The van der Waals surface area contributed by atoms with Crippen molar-refractivity contribution in [3.05, 3.63) is 53.2 Å². The van der Waals surface area contributed by atoms with Crippen LogP contribution in [-0.4, -0.2) is 69.4 Å². The number of hydrogen-bond acceptors (Lipinski definition) is 5. The van der Waals surface area contributed by atoms with E-state index in [-0.39, 0.29) is 0 Å². The van der Waals surface area contributed by atoms with Gasteiger partial charge in [0, 0.05) is 69.4 Å². The Hall–Kier alpha value is -2.51. The van der Waals surface area contributed by atoms with E-state index in [9.17, 15) is 0 Å². The van der Waals surface area contributed by atoms with Crippen LogP contribution in [0.3, 0.4) is 0 Å². The molecule has 0 amide bonds. The summed E-state index contributed by atoms with van der Waals surface area (Å²) in [5.41, 5.74) is 2.15. The van der Waals surface area contributed by atoms with Gasteiger partial charge in [-0.3, -0.25) is 4.99 Å². The number of benzene rings is 1. The third kappa shape index (κ3) is 5.98. The minimum atomic E-state index is 0.473. The summed E-state index contributed by atoms with van der Waals surface area (Å²) in [5, 5.41) is 4.20. The Balaban J connectivity index is 1.54. The Morgan fingerprint density at radius 2 is 2.00 bits per heavy atom. The van der Waals surface area contributed by atoms with Gasteiger partial charge in [0.25, 0.3) is 0 Å². The highest BCUT2D eigenvalue weighted by Crippen LogP contribution is 2.21. The SMILES string of the molecule is CN=C(NCc1cccnc1OCCOC)N1CCN(c2cccc(Cl)c2)CC1. The molecule has 29 heavy (non-hydrogen) atoms. The van der Waals surface area contributed by atoms with E-state index >= 15 is 0 Å². The second-order valence-electron chi connectivity index (χ2n) is 6.66. The van der Waals surface area contributed by atoms with Crippen molar-refractivity contribution >= 4 is 23.2 Å². The maximum absolute atomic E-state index is 6.13. The molecule has 156 valence electrons. The van der Waals surface area contributed by atoms with Crippen LogP contribution < -0.4 is 15.0 Å². The van der Waals surface area contributed by atoms with Crippen LogP contribution in [0.5, 0.6) is 5.88 Å². The number of pyridine rings is 1. The number of halogens is 1. The predicted molar refractivity (Wildman–Crippen MR) is 117 cm³/mol. The van der Waals surface area contributed by atoms with Crippen LogP contribution in [0.25, 0.3) is 0 Å². The van der Waals surface area contributed by atoms with Crippen molar-refractivity contribution in [2.75, 3.05) is 58.5 Å². The smallest absolute Gasteiger partial charge is 0.218 e. The van der Waals surface area contributed by atoms with E-state index in [2.05, 4.69) is 31.2 Å². The molecule has 0 aliphatic carbocycles. The van der Waals surface area contributed by atoms with E-state index in [0.29, 0.717) is 25.6 Å². The number of nitrogens with one attached hydrogen (secondary N) is 1. The lowest BCUT2D eigenvalue weighted by atomic mass is 10.2. The Morgan fingerprint density at radius 3 is 2.72 bits per heavy atom. The second-order valence-corrected chi connectivity index (χ2v) is 7.10. The minimum Gasteiger partial charge on any atom is -0.475 e. The number of guanidine groups is 1. The van der Waals surface area contributed by atoms with E-state index in [1.54, 1.807) is 13.3 Å². The van der Waals surface area contributed by atoms with Gasteiger partial charge in [-0.1, -0.05) is 23.7 Å².